The maximum Gasteiger partial charge on any atom is 0.409 e. The van der Waals surface area contributed by atoms with Crippen LogP contribution in [0.4, 0.5) is 9.18 Å². The number of hydrogen-bond acceptors (Lipinski definition) is 4. The minimum absolute atomic E-state index is 0.192. The topological polar surface area (TPSA) is 60.6 Å². The molecule has 0 saturated carbocycles. The molecule has 6 nitrogen and oxygen atoms in total. The van der Waals surface area contributed by atoms with Crippen molar-refractivity contribution >= 4 is 17.0 Å². The van der Waals surface area contributed by atoms with E-state index in [9.17, 15) is 9.18 Å². The van der Waals surface area contributed by atoms with Crippen LogP contribution >= 0.6 is 0 Å². The van der Waals surface area contributed by atoms with Gasteiger partial charge < -0.3 is 19.9 Å². The van der Waals surface area contributed by atoms with E-state index in [-0.39, 0.29) is 18.1 Å². The van der Waals surface area contributed by atoms with Crippen molar-refractivity contribution in [3.63, 3.8) is 0 Å². The van der Waals surface area contributed by atoms with Crippen LogP contribution in [0.5, 0.6) is 0 Å². The number of rotatable bonds is 2. The van der Waals surface area contributed by atoms with Crippen molar-refractivity contribution in [2.75, 3.05) is 39.8 Å². The third-order valence-corrected chi connectivity index (χ3v) is 5.68. The zero-order chi connectivity index (χ0) is 18.1. The summed E-state index contributed by atoms with van der Waals surface area (Å²) in [4.78, 5) is 19.1. The molecule has 2 aliphatic rings. The molecule has 4 rings (SSSR count). The first-order chi connectivity index (χ1) is 12.7. The lowest BCUT2D eigenvalue weighted by Crippen LogP contribution is -2.57. The fourth-order valence-electron chi connectivity index (χ4n) is 4.25. The second kappa shape index (κ2) is 7.25. The van der Waals surface area contributed by atoms with Crippen molar-refractivity contribution in [1.82, 2.24) is 20.1 Å². The van der Waals surface area contributed by atoms with Gasteiger partial charge in [-0.15, -0.1) is 0 Å². The first-order valence-corrected chi connectivity index (χ1v) is 9.22. The molecule has 0 aliphatic carbocycles. The summed E-state index contributed by atoms with van der Waals surface area (Å²) in [6, 6.07) is 4.93. The Morgan fingerprint density at radius 3 is 2.85 bits per heavy atom. The minimum atomic E-state index is -0.250. The smallest absolute Gasteiger partial charge is 0.409 e. The van der Waals surface area contributed by atoms with E-state index in [0.29, 0.717) is 19.0 Å². The average Bonchev–Trinajstić information content (AvgIpc) is 3.10. The third-order valence-electron chi connectivity index (χ3n) is 5.68. The molecule has 1 amide bonds. The van der Waals surface area contributed by atoms with Crippen molar-refractivity contribution in [2.24, 2.45) is 0 Å². The van der Waals surface area contributed by atoms with Crippen LogP contribution in [0.1, 0.15) is 24.3 Å². The number of amides is 1. The molecule has 0 radical (unpaired) electrons. The predicted molar refractivity (Wildman–Crippen MR) is 97.6 cm³/mol. The highest BCUT2D eigenvalue weighted by atomic mass is 19.1. The van der Waals surface area contributed by atoms with E-state index in [1.165, 1.54) is 18.7 Å². The number of carbonyl (C=O) groups is 1. The minimum Gasteiger partial charge on any atom is -0.453 e. The predicted octanol–water partition coefficient (Wildman–Crippen LogP) is 2.48. The molecular weight excluding hydrogens is 335 g/mol. The first-order valence-electron chi connectivity index (χ1n) is 9.22. The number of H-pyrrole nitrogens is 1. The Bertz CT molecular complexity index is 785. The number of nitrogens with zero attached hydrogens (tertiary/aromatic N) is 2. The van der Waals surface area contributed by atoms with Crippen molar-refractivity contribution in [3.8, 4) is 0 Å². The lowest BCUT2D eigenvalue weighted by atomic mass is 9.88. The summed E-state index contributed by atoms with van der Waals surface area (Å²) in [6.45, 7) is 3.99. The number of hydrogen-bond donors (Lipinski definition) is 2. The number of fused-ring (bicyclic) bond motifs is 1. The van der Waals surface area contributed by atoms with Crippen molar-refractivity contribution in [1.29, 1.82) is 0 Å². The highest BCUT2D eigenvalue weighted by Gasteiger charge is 2.31. The van der Waals surface area contributed by atoms with E-state index in [4.69, 9.17) is 4.74 Å². The second-order valence-electron chi connectivity index (χ2n) is 7.12. The van der Waals surface area contributed by atoms with Gasteiger partial charge in [-0.25, -0.2) is 9.18 Å². The molecular formula is C19H25FN4O2. The van der Waals surface area contributed by atoms with Crippen LogP contribution in [0.15, 0.2) is 24.4 Å². The zero-order valence-electron chi connectivity index (χ0n) is 15.0. The lowest BCUT2D eigenvalue weighted by Gasteiger charge is -2.42. The Morgan fingerprint density at radius 2 is 2.08 bits per heavy atom. The number of piperidine rings is 1. The van der Waals surface area contributed by atoms with Gasteiger partial charge in [0.05, 0.1) is 13.3 Å². The maximum absolute atomic E-state index is 13.7. The monoisotopic (exact) mass is 360 g/mol. The van der Waals surface area contributed by atoms with E-state index in [1.807, 2.05) is 6.20 Å². The molecule has 2 fully saturated rings. The molecule has 0 spiro atoms. The highest BCUT2D eigenvalue weighted by Crippen LogP contribution is 2.34. The number of halogens is 1. The summed E-state index contributed by atoms with van der Waals surface area (Å²) in [5, 5.41) is 4.60. The molecule has 26 heavy (non-hydrogen) atoms. The Balaban J connectivity index is 1.44. The summed E-state index contributed by atoms with van der Waals surface area (Å²) in [7, 11) is 1.42. The molecule has 7 heteroatoms. The SMILES string of the molecule is COC(=O)N1CCN(C2CC(c3c[nH]c4ccc(F)cc34)CCN2)CC1. The number of carbonyl (C=O) groups excluding carboxylic acids is 1. The van der Waals surface area contributed by atoms with Crippen LogP contribution in [0.3, 0.4) is 0 Å². The number of piperazine rings is 1. The molecule has 1 aromatic heterocycles. The van der Waals surface area contributed by atoms with Gasteiger partial charge in [0.1, 0.15) is 5.82 Å². The maximum atomic E-state index is 13.7. The fourth-order valence-corrected chi connectivity index (χ4v) is 4.25. The van der Waals surface area contributed by atoms with Crippen LogP contribution in [0, 0.1) is 5.82 Å². The zero-order valence-corrected chi connectivity index (χ0v) is 15.0. The van der Waals surface area contributed by atoms with Gasteiger partial charge in [-0.1, -0.05) is 0 Å². The van der Waals surface area contributed by atoms with E-state index in [2.05, 4.69) is 15.2 Å². The van der Waals surface area contributed by atoms with E-state index in [0.717, 1.165) is 43.4 Å². The molecule has 2 saturated heterocycles. The molecule has 1 aromatic carbocycles. The Labute approximate surface area is 152 Å². The summed E-state index contributed by atoms with van der Waals surface area (Å²) < 4.78 is 18.5. The molecule has 2 unspecified atom stereocenters. The molecule has 140 valence electrons. The van der Waals surface area contributed by atoms with Gasteiger partial charge in [-0.3, -0.25) is 4.90 Å². The molecule has 2 aromatic rings. The summed E-state index contributed by atoms with van der Waals surface area (Å²) in [5.41, 5.74) is 2.20. The Hall–Kier alpha value is -2.12. The van der Waals surface area contributed by atoms with Crippen molar-refractivity contribution in [3.05, 3.63) is 35.8 Å². The Morgan fingerprint density at radius 1 is 1.27 bits per heavy atom. The van der Waals surface area contributed by atoms with Gasteiger partial charge in [0.2, 0.25) is 0 Å². The first kappa shape index (κ1) is 17.3. The highest BCUT2D eigenvalue weighted by molar-refractivity contribution is 5.83. The van der Waals surface area contributed by atoms with Crippen LogP contribution < -0.4 is 5.32 Å². The lowest BCUT2D eigenvalue weighted by molar-refractivity contribution is 0.0552. The molecule has 2 atom stereocenters. The number of aromatic amines is 1. The quantitative estimate of drug-likeness (QED) is 0.864. The normalized spacial score (nSPS) is 24.8. The number of ether oxygens (including phenoxy) is 1. The molecule has 2 aliphatic heterocycles. The largest absolute Gasteiger partial charge is 0.453 e. The van der Waals surface area contributed by atoms with Crippen LogP contribution in [0.25, 0.3) is 10.9 Å². The molecule has 0 bridgehead atoms. The van der Waals surface area contributed by atoms with Gasteiger partial charge >= 0.3 is 6.09 Å². The summed E-state index contributed by atoms with van der Waals surface area (Å²) >= 11 is 0. The summed E-state index contributed by atoms with van der Waals surface area (Å²) in [6.07, 6.45) is 4.10. The van der Waals surface area contributed by atoms with Crippen molar-refractivity contribution in [2.45, 2.75) is 24.9 Å². The second-order valence-corrected chi connectivity index (χ2v) is 7.12. The van der Waals surface area contributed by atoms with E-state index < -0.39 is 0 Å². The third kappa shape index (κ3) is 3.29. The summed E-state index contributed by atoms with van der Waals surface area (Å²) in [5.74, 6) is 0.207. The number of benzene rings is 1. The van der Waals surface area contributed by atoms with Gasteiger partial charge in [0.25, 0.3) is 0 Å². The van der Waals surface area contributed by atoms with E-state index >= 15 is 0 Å². The number of aromatic nitrogens is 1. The van der Waals surface area contributed by atoms with Gasteiger partial charge in [0.15, 0.2) is 0 Å². The standard InChI is InChI=1S/C19H25FN4O2/c1-26-19(25)24-8-6-23(7-9-24)18-10-13(4-5-21-18)16-12-22-17-3-2-14(20)11-15(16)17/h2-3,11-13,18,21-22H,4-10H2,1H3. The van der Waals surface area contributed by atoms with Crippen LogP contribution in [0.2, 0.25) is 0 Å². The van der Waals surface area contributed by atoms with E-state index in [1.54, 1.807) is 17.0 Å². The van der Waals surface area contributed by atoms with Crippen LogP contribution in [-0.2, 0) is 4.74 Å². The Kier molecular flexibility index (Phi) is 4.82. The average molecular weight is 360 g/mol. The molecule has 2 N–H and O–H groups in total. The van der Waals surface area contributed by atoms with Gasteiger partial charge in [-0.05, 0) is 49.1 Å². The van der Waals surface area contributed by atoms with Gasteiger partial charge in [0, 0.05) is 43.3 Å². The van der Waals surface area contributed by atoms with Gasteiger partial charge in [-0.2, -0.15) is 0 Å². The van der Waals surface area contributed by atoms with Crippen LogP contribution in [-0.4, -0.2) is 66.9 Å². The van der Waals surface area contributed by atoms with Crippen molar-refractivity contribution < 1.29 is 13.9 Å². The molecule has 3 heterocycles. The number of methoxy groups -OCH3 is 1. The fraction of sp³-hybridized carbons (Fsp3) is 0.526. The number of nitrogens with one attached hydrogen (secondary N) is 2.